The zero-order chi connectivity index (χ0) is 16.1. The molecule has 0 bridgehead atoms. The topological polar surface area (TPSA) is 52.9 Å². The van der Waals surface area contributed by atoms with E-state index in [9.17, 15) is 4.79 Å². The number of anilines is 1. The Morgan fingerprint density at radius 1 is 1.18 bits per heavy atom. The zero-order valence-electron chi connectivity index (χ0n) is 11.6. The number of nitriles is 1. The number of nitrogens with zero attached hydrogens (tertiary/aromatic N) is 1. The number of carbonyl (C=O) groups excluding carboxylic acids is 1. The Balaban J connectivity index is 2.12. The highest BCUT2D eigenvalue weighted by Gasteiger charge is 2.18. The van der Waals surface area contributed by atoms with Crippen LogP contribution < -0.4 is 5.32 Å². The molecular formula is C16H12Cl2N2OS. The Morgan fingerprint density at radius 3 is 2.45 bits per heavy atom. The molecule has 1 amide bonds. The Kier molecular flexibility index (Phi) is 5.73. The van der Waals surface area contributed by atoms with Crippen molar-refractivity contribution in [2.75, 3.05) is 5.32 Å². The molecule has 1 N–H and O–H groups in total. The highest BCUT2D eigenvalue weighted by Crippen LogP contribution is 2.36. The van der Waals surface area contributed by atoms with Crippen LogP contribution in [0.25, 0.3) is 0 Å². The van der Waals surface area contributed by atoms with Crippen molar-refractivity contribution in [3.63, 3.8) is 0 Å². The van der Waals surface area contributed by atoms with Gasteiger partial charge < -0.3 is 5.32 Å². The monoisotopic (exact) mass is 350 g/mol. The lowest BCUT2D eigenvalue weighted by Crippen LogP contribution is -2.22. The highest BCUT2D eigenvalue weighted by molar-refractivity contribution is 8.00. The van der Waals surface area contributed by atoms with Crippen LogP contribution in [0.1, 0.15) is 12.5 Å². The second kappa shape index (κ2) is 7.55. The van der Waals surface area contributed by atoms with E-state index in [1.165, 1.54) is 11.8 Å². The van der Waals surface area contributed by atoms with Crippen LogP contribution in [0.4, 0.5) is 5.69 Å². The second-order valence-electron chi connectivity index (χ2n) is 4.46. The van der Waals surface area contributed by atoms with Crippen LogP contribution >= 0.6 is 35.0 Å². The number of carbonyl (C=O) groups is 1. The molecule has 0 radical (unpaired) electrons. The summed E-state index contributed by atoms with van der Waals surface area (Å²) in [5, 5.41) is 12.4. The Labute approximate surface area is 143 Å². The third-order valence-electron chi connectivity index (χ3n) is 2.89. The molecule has 0 saturated heterocycles. The molecule has 2 rings (SSSR count). The summed E-state index contributed by atoms with van der Waals surface area (Å²) in [6.07, 6.45) is 0. The third-order valence-corrected chi connectivity index (χ3v) is 4.99. The first-order valence-corrected chi connectivity index (χ1v) is 8.07. The minimum Gasteiger partial charge on any atom is -0.324 e. The SMILES string of the molecule is C[C@@H](Sc1c(Cl)cccc1Cl)C(=O)Nc1ccccc1C#N. The van der Waals surface area contributed by atoms with Gasteiger partial charge >= 0.3 is 0 Å². The maximum absolute atomic E-state index is 12.3. The van der Waals surface area contributed by atoms with E-state index in [2.05, 4.69) is 5.32 Å². The van der Waals surface area contributed by atoms with Crippen molar-refractivity contribution in [3.05, 3.63) is 58.1 Å². The molecule has 112 valence electrons. The van der Waals surface area contributed by atoms with Gasteiger partial charge in [0.25, 0.3) is 0 Å². The number of amides is 1. The molecule has 0 aromatic heterocycles. The summed E-state index contributed by atoms with van der Waals surface area (Å²) < 4.78 is 0. The summed E-state index contributed by atoms with van der Waals surface area (Å²) >= 11 is 13.5. The lowest BCUT2D eigenvalue weighted by Gasteiger charge is -2.14. The number of hydrogen-bond acceptors (Lipinski definition) is 3. The molecule has 0 aliphatic rings. The molecule has 0 fully saturated rings. The van der Waals surface area contributed by atoms with Gasteiger partial charge in [0.2, 0.25) is 5.91 Å². The smallest absolute Gasteiger partial charge is 0.237 e. The van der Waals surface area contributed by atoms with Gasteiger partial charge in [-0.1, -0.05) is 41.4 Å². The minimum atomic E-state index is -0.413. The van der Waals surface area contributed by atoms with Gasteiger partial charge in [-0.15, -0.1) is 11.8 Å². The average molecular weight is 351 g/mol. The predicted molar refractivity (Wildman–Crippen MR) is 91.6 cm³/mol. The fourth-order valence-corrected chi connectivity index (χ4v) is 3.29. The normalized spacial score (nSPS) is 11.5. The molecule has 0 spiro atoms. The Hall–Kier alpha value is -1.67. The van der Waals surface area contributed by atoms with Gasteiger partial charge in [0, 0.05) is 4.90 Å². The fraction of sp³-hybridized carbons (Fsp3) is 0.125. The number of rotatable bonds is 4. The summed E-state index contributed by atoms with van der Waals surface area (Å²) in [5.74, 6) is -0.219. The van der Waals surface area contributed by atoms with E-state index in [0.29, 0.717) is 26.2 Å². The lowest BCUT2D eigenvalue weighted by molar-refractivity contribution is -0.115. The summed E-state index contributed by atoms with van der Waals surface area (Å²) in [7, 11) is 0. The lowest BCUT2D eigenvalue weighted by atomic mass is 10.2. The van der Waals surface area contributed by atoms with E-state index in [1.54, 1.807) is 49.4 Å². The van der Waals surface area contributed by atoms with Gasteiger partial charge in [-0.2, -0.15) is 5.26 Å². The largest absolute Gasteiger partial charge is 0.324 e. The van der Waals surface area contributed by atoms with Gasteiger partial charge in [-0.05, 0) is 31.2 Å². The molecule has 6 heteroatoms. The molecule has 2 aromatic carbocycles. The predicted octanol–water partition coefficient (Wildman–Crippen LogP) is 4.98. The standard InChI is InChI=1S/C16H12Cl2N2OS/c1-10(22-15-12(17)6-4-7-13(15)18)16(21)20-14-8-3-2-5-11(14)9-19/h2-8,10H,1H3,(H,20,21)/t10-/m1/s1. The van der Waals surface area contributed by atoms with Gasteiger partial charge in [0.15, 0.2) is 0 Å². The fourth-order valence-electron chi connectivity index (χ4n) is 1.75. The van der Waals surface area contributed by atoms with Gasteiger partial charge in [0.1, 0.15) is 6.07 Å². The van der Waals surface area contributed by atoms with E-state index < -0.39 is 5.25 Å². The van der Waals surface area contributed by atoms with Crippen molar-refractivity contribution in [1.29, 1.82) is 5.26 Å². The first-order chi connectivity index (χ1) is 10.5. The quantitative estimate of drug-likeness (QED) is 0.790. The molecule has 0 heterocycles. The highest BCUT2D eigenvalue weighted by atomic mass is 35.5. The van der Waals surface area contributed by atoms with Crippen LogP contribution in [0, 0.1) is 11.3 Å². The third kappa shape index (κ3) is 3.95. The van der Waals surface area contributed by atoms with Crippen molar-refractivity contribution >= 4 is 46.6 Å². The van der Waals surface area contributed by atoms with Crippen LogP contribution in [0.5, 0.6) is 0 Å². The van der Waals surface area contributed by atoms with Gasteiger partial charge in [0.05, 0.1) is 26.5 Å². The van der Waals surface area contributed by atoms with Crippen LogP contribution in [0.2, 0.25) is 10.0 Å². The first kappa shape index (κ1) is 16.7. The van der Waals surface area contributed by atoms with Crippen molar-refractivity contribution < 1.29 is 4.79 Å². The first-order valence-electron chi connectivity index (χ1n) is 6.43. The average Bonchev–Trinajstić information content (AvgIpc) is 2.51. The van der Waals surface area contributed by atoms with E-state index in [-0.39, 0.29) is 5.91 Å². The number of nitrogens with one attached hydrogen (secondary N) is 1. The molecular weight excluding hydrogens is 339 g/mol. The second-order valence-corrected chi connectivity index (χ2v) is 6.62. The summed E-state index contributed by atoms with van der Waals surface area (Å²) in [4.78, 5) is 12.9. The number of benzene rings is 2. The van der Waals surface area contributed by atoms with Crippen molar-refractivity contribution in [1.82, 2.24) is 0 Å². The number of halogens is 2. The summed E-state index contributed by atoms with van der Waals surface area (Å²) in [5.41, 5.74) is 0.913. The number of hydrogen-bond donors (Lipinski definition) is 1. The molecule has 0 unspecified atom stereocenters. The van der Waals surface area contributed by atoms with E-state index in [1.807, 2.05) is 6.07 Å². The van der Waals surface area contributed by atoms with Crippen molar-refractivity contribution in [2.45, 2.75) is 17.1 Å². The summed E-state index contributed by atoms with van der Waals surface area (Å²) in [6, 6.07) is 14.1. The maximum atomic E-state index is 12.3. The van der Waals surface area contributed by atoms with E-state index in [0.717, 1.165) is 0 Å². The molecule has 1 atom stereocenters. The molecule has 22 heavy (non-hydrogen) atoms. The van der Waals surface area contributed by atoms with Crippen LogP contribution in [0.3, 0.4) is 0 Å². The zero-order valence-corrected chi connectivity index (χ0v) is 14.0. The Bertz CT molecular complexity index is 723. The number of thioether (sulfide) groups is 1. The van der Waals surface area contributed by atoms with Gasteiger partial charge in [-0.25, -0.2) is 0 Å². The van der Waals surface area contributed by atoms with Crippen LogP contribution in [-0.4, -0.2) is 11.2 Å². The van der Waals surface area contributed by atoms with Crippen molar-refractivity contribution in [3.8, 4) is 6.07 Å². The van der Waals surface area contributed by atoms with Crippen LogP contribution in [-0.2, 0) is 4.79 Å². The Morgan fingerprint density at radius 2 is 1.82 bits per heavy atom. The molecule has 0 aliphatic heterocycles. The van der Waals surface area contributed by atoms with Gasteiger partial charge in [-0.3, -0.25) is 4.79 Å². The maximum Gasteiger partial charge on any atom is 0.237 e. The molecule has 2 aromatic rings. The van der Waals surface area contributed by atoms with E-state index in [4.69, 9.17) is 28.5 Å². The summed E-state index contributed by atoms with van der Waals surface area (Å²) in [6.45, 7) is 1.76. The van der Waals surface area contributed by atoms with Crippen molar-refractivity contribution in [2.24, 2.45) is 0 Å². The minimum absolute atomic E-state index is 0.219. The van der Waals surface area contributed by atoms with Crippen LogP contribution in [0.15, 0.2) is 47.4 Å². The van der Waals surface area contributed by atoms with E-state index >= 15 is 0 Å². The molecule has 0 saturated carbocycles. The molecule has 3 nitrogen and oxygen atoms in total. The molecule has 0 aliphatic carbocycles. The number of para-hydroxylation sites is 1.